The number of hydrogen-bond donors (Lipinski definition) is 7. The fraction of sp³-hybridized carbons (Fsp3) is 1.00. The molecule has 0 aliphatic carbocycles. The van der Waals surface area contributed by atoms with E-state index in [1.807, 2.05) is 0 Å². The van der Waals surface area contributed by atoms with Crippen molar-refractivity contribution in [1.82, 2.24) is 0 Å². The lowest BCUT2D eigenvalue weighted by atomic mass is 9.92. The van der Waals surface area contributed by atoms with E-state index in [0.29, 0.717) is 0 Å². The first-order chi connectivity index (χ1) is 6.25. The van der Waals surface area contributed by atoms with Crippen molar-refractivity contribution < 1.29 is 40.5 Å². The Bertz CT molecular complexity index is 214. The molecule has 0 bridgehead atoms. The quantitative estimate of drug-likeness (QED) is 0.214. The highest BCUT2D eigenvalue weighted by atomic mass is 16.7. The maximum absolute atomic E-state index is 9.13. The molecule has 1 aliphatic heterocycles. The van der Waals surface area contributed by atoms with Gasteiger partial charge in [0, 0.05) is 0 Å². The van der Waals surface area contributed by atoms with Crippen LogP contribution in [-0.2, 0) is 4.74 Å². The highest BCUT2D eigenvalue weighted by molar-refractivity contribution is 4.98. The molecule has 0 aromatic carbocycles. The first kappa shape index (κ1) is 11.8. The Morgan fingerprint density at radius 3 is 1.93 bits per heavy atom. The molecule has 0 aromatic heterocycles. The molecule has 0 aromatic rings. The summed E-state index contributed by atoms with van der Waals surface area (Å²) < 4.78 is 4.33. The molecule has 0 saturated carbocycles. The van der Waals surface area contributed by atoms with Crippen LogP contribution in [0.15, 0.2) is 0 Å². The number of hydrogen-bond acceptors (Lipinski definition) is 8. The number of rotatable bonds is 1. The second kappa shape index (κ2) is 3.36. The first-order valence-corrected chi connectivity index (χ1v) is 3.77. The standard InChI is InChI=1S/C6H12O8/c7-1-2-3(8)5(10,11)6(12,13)4(9)14-2/h2-4,7-13H,1H2. The van der Waals surface area contributed by atoms with Gasteiger partial charge in [0.2, 0.25) is 6.29 Å². The minimum absolute atomic E-state index is 0.822. The summed E-state index contributed by atoms with van der Waals surface area (Å²) in [6.45, 7) is -0.822. The second-order valence-electron chi connectivity index (χ2n) is 3.11. The summed E-state index contributed by atoms with van der Waals surface area (Å²) in [6, 6.07) is 0. The van der Waals surface area contributed by atoms with E-state index in [1.165, 1.54) is 0 Å². The van der Waals surface area contributed by atoms with Gasteiger partial charge in [-0.1, -0.05) is 0 Å². The second-order valence-corrected chi connectivity index (χ2v) is 3.11. The van der Waals surface area contributed by atoms with Gasteiger partial charge < -0.3 is 40.5 Å². The average Bonchev–Trinajstić information content (AvgIpc) is 2.10. The number of aliphatic hydroxyl groups is 7. The molecule has 3 atom stereocenters. The van der Waals surface area contributed by atoms with Crippen LogP contribution in [-0.4, -0.2) is 72.4 Å². The van der Waals surface area contributed by atoms with E-state index in [2.05, 4.69) is 4.74 Å². The lowest BCUT2D eigenvalue weighted by Crippen LogP contribution is -2.74. The lowest BCUT2D eigenvalue weighted by Gasteiger charge is -2.47. The molecule has 0 spiro atoms. The Morgan fingerprint density at radius 1 is 1.00 bits per heavy atom. The van der Waals surface area contributed by atoms with Gasteiger partial charge in [0.25, 0.3) is 11.6 Å². The molecule has 84 valence electrons. The fourth-order valence-electron chi connectivity index (χ4n) is 1.14. The lowest BCUT2D eigenvalue weighted by molar-refractivity contribution is -0.478. The molecule has 0 radical (unpaired) electrons. The van der Waals surface area contributed by atoms with Crippen molar-refractivity contribution in [3.05, 3.63) is 0 Å². The molecule has 14 heavy (non-hydrogen) atoms. The van der Waals surface area contributed by atoms with E-state index in [1.54, 1.807) is 0 Å². The Kier molecular flexibility index (Phi) is 2.82. The van der Waals surface area contributed by atoms with E-state index < -0.39 is 36.7 Å². The molecular formula is C6H12O8. The molecule has 0 amide bonds. The summed E-state index contributed by atoms with van der Waals surface area (Å²) >= 11 is 0. The van der Waals surface area contributed by atoms with Crippen LogP contribution >= 0.6 is 0 Å². The van der Waals surface area contributed by atoms with E-state index >= 15 is 0 Å². The van der Waals surface area contributed by atoms with Crippen LogP contribution in [0.2, 0.25) is 0 Å². The SMILES string of the molecule is OCC1OC(O)C(O)(O)C(O)(O)C1O. The van der Waals surface area contributed by atoms with Crippen molar-refractivity contribution in [2.45, 2.75) is 30.1 Å². The number of aliphatic hydroxyl groups excluding tert-OH is 3. The van der Waals surface area contributed by atoms with Gasteiger partial charge in [0.15, 0.2) is 0 Å². The highest BCUT2D eigenvalue weighted by Crippen LogP contribution is 2.33. The van der Waals surface area contributed by atoms with Gasteiger partial charge in [-0.25, -0.2) is 0 Å². The Labute approximate surface area is 78.2 Å². The summed E-state index contributed by atoms with van der Waals surface area (Å²) in [5, 5.41) is 62.8. The normalized spacial score (nSPS) is 40.9. The Hall–Kier alpha value is -0.320. The topological polar surface area (TPSA) is 151 Å². The molecule has 1 rings (SSSR count). The van der Waals surface area contributed by atoms with Crippen molar-refractivity contribution >= 4 is 0 Å². The minimum Gasteiger partial charge on any atom is -0.394 e. The van der Waals surface area contributed by atoms with Gasteiger partial charge in [-0.05, 0) is 0 Å². The maximum atomic E-state index is 9.13. The monoisotopic (exact) mass is 212 g/mol. The largest absolute Gasteiger partial charge is 0.394 e. The smallest absolute Gasteiger partial charge is 0.274 e. The molecular weight excluding hydrogens is 200 g/mol. The Morgan fingerprint density at radius 2 is 1.50 bits per heavy atom. The van der Waals surface area contributed by atoms with Crippen LogP contribution in [0.4, 0.5) is 0 Å². The highest BCUT2D eigenvalue weighted by Gasteiger charge is 2.64. The van der Waals surface area contributed by atoms with Gasteiger partial charge >= 0.3 is 0 Å². The van der Waals surface area contributed by atoms with E-state index in [4.69, 9.17) is 35.7 Å². The van der Waals surface area contributed by atoms with Crippen molar-refractivity contribution in [2.75, 3.05) is 6.61 Å². The number of ether oxygens (including phenoxy) is 1. The average molecular weight is 212 g/mol. The van der Waals surface area contributed by atoms with Crippen LogP contribution in [0.5, 0.6) is 0 Å². The third kappa shape index (κ3) is 1.42. The predicted molar refractivity (Wildman–Crippen MR) is 38.3 cm³/mol. The summed E-state index contributed by atoms with van der Waals surface area (Å²) in [4.78, 5) is 0. The fourth-order valence-corrected chi connectivity index (χ4v) is 1.14. The molecule has 3 unspecified atom stereocenters. The summed E-state index contributed by atoms with van der Waals surface area (Å²) in [6.07, 6.45) is -6.03. The van der Waals surface area contributed by atoms with Gasteiger partial charge in [0.1, 0.15) is 12.2 Å². The molecule has 1 heterocycles. The van der Waals surface area contributed by atoms with Gasteiger partial charge in [-0.3, -0.25) is 0 Å². The molecule has 1 fully saturated rings. The van der Waals surface area contributed by atoms with Crippen LogP contribution in [0.3, 0.4) is 0 Å². The predicted octanol–water partition coefficient (Wildman–Crippen LogP) is -4.58. The van der Waals surface area contributed by atoms with Crippen molar-refractivity contribution in [1.29, 1.82) is 0 Å². The zero-order chi connectivity index (χ0) is 11.1. The molecule has 1 aliphatic rings. The van der Waals surface area contributed by atoms with E-state index in [-0.39, 0.29) is 0 Å². The van der Waals surface area contributed by atoms with Gasteiger partial charge in [-0.15, -0.1) is 0 Å². The third-order valence-electron chi connectivity index (χ3n) is 2.13. The van der Waals surface area contributed by atoms with Crippen LogP contribution in [0.1, 0.15) is 0 Å². The third-order valence-corrected chi connectivity index (χ3v) is 2.13. The van der Waals surface area contributed by atoms with Crippen LogP contribution in [0, 0.1) is 0 Å². The van der Waals surface area contributed by atoms with Gasteiger partial charge in [0.05, 0.1) is 6.61 Å². The van der Waals surface area contributed by atoms with Crippen LogP contribution in [0.25, 0.3) is 0 Å². The van der Waals surface area contributed by atoms with E-state index in [0.717, 1.165) is 0 Å². The van der Waals surface area contributed by atoms with Crippen molar-refractivity contribution in [3.63, 3.8) is 0 Å². The zero-order valence-corrected chi connectivity index (χ0v) is 6.98. The summed E-state index contributed by atoms with van der Waals surface area (Å²) in [5.41, 5.74) is 0. The molecule has 8 heteroatoms. The van der Waals surface area contributed by atoms with E-state index in [9.17, 15) is 0 Å². The van der Waals surface area contributed by atoms with Crippen molar-refractivity contribution in [2.24, 2.45) is 0 Å². The maximum Gasteiger partial charge on any atom is 0.274 e. The van der Waals surface area contributed by atoms with Gasteiger partial charge in [-0.2, -0.15) is 0 Å². The zero-order valence-electron chi connectivity index (χ0n) is 6.98. The first-order valence-electron chi connectivity index (χ1n) is 3.77. The minimum atomic E-state index is -3.43. The Balaban J connectivity index is 2.98. The molecule has 8 nitrogen and oxygen atoms in total. The van der Waals surface area contributed by atoms with Crippen LogP contribution < -0.4 is 0 Å². The summed E-state index contributed by atoms with van der Waals surface area (Å²) in [5.74, 6) is -6.82. The molecule has 7 N–H and O–H groups in total. The summed E-state index contributed by atoms with van der Waals surface area (Å²) in [7, 11) is 0. The van der Waals surface area contributed by atoms with Crippen molar-refractivity contribution in [3.8, 4) is 0 Å². The molecule has 1 saturated heterocycles.